The average molecular weight is 407 g/mol. The van der Waals surface area contributed by atoms with Crippen LogP contribution >= 0.6 is 0 Å². The van der Waals surface area contributed by atoms with Crippen molar-refractivity contribution in [3.63, 3.8) is 0 Å². The van der Waals surface area contributed by atoms with E-state index in [1.165, 1.54) is 0 Å². The number of Topliss-reactive ketones (excluding diaryl/α,β-unsaturated/α-hetero) is 1. The number of anilines is 1. The van der Waals surface area contributed by atoms with E-state index in [0.717, 1.165) is 19.3 Å². The fraction of sp³-hybridized carbons (Fsp3) is 0.375. The molecule has 2 fully saturated rings. The third kappa shape index (κ3) is 4.08. The standard InChI is InChI=1S/C24H25NO5/c1-29-19-11-9-18(10-12-19)25-20(26)14-30-24(28)22-17-8-7-16(13-17)21(22)23(27)15-5-3-2-4-6-15/h2-6,9-12,16-17,21-22H,7-8,13-14H2,1H3,(H,25,26)/t16-,17-,21+,22+/m0/s1. The number of nitrogens with one attached hydrogen (secondary N) is 1. The van der Waals surface area contributed by atoms with Gasteiger partial charge in [-0.1, -0.05) is 30.3 Å². The fourth-order valence-electron chi connectivity index (χ4n) is 4.91. The molecule has 0 saturated heterocycles. The molecule has 2 aromatic rings. The normalized spacial score (nSPS) is 24.3. The second kappa shape index (κ2) is 8.69. The Balaban J connectivity index is 1.38. The number of ketones is 1. The quantitative estimate of drug-likeness (QED) is 0.559. The van der Waals surface area contributed by atoms with Gasteiger partial charge in [-0.25, -0.2) is 0 Å². The Hall–Kier alpha value is -3.15. The number of benzene rings is 2. The first-order chi connectivity index (χ1) is 14.6. The summed E-state index contributed by atoms with van der Waals surface area (Å²) in [4.78, 5) is 38.1. The minimum absolute atomic E-state index is 0.00688. The zero-order valence-electron chi connectivity index (χ0n) is 16.9. The van der Waals surface area contributed by atoms with Gasteiger partial charge in [0.1, 0.15) is 5.75 Å². The van der Waals surface area contributed by atoms with E-state index in [2.05, 4.69) is 5.32 Å². The molecule has 0 radical (unpaired) electrons. The summed E-state index contributed by atoms with van der Waals surface area (Å²) in [6.07, 6.45) is 2.78. The summed E-state index contributed by atoms with van der Waals surface area (Å²) in [5.74, 6) is -0.618. The first kappa shape index (κ1) is 20.1. The summed E-state index contributed by atoms with van der Waals surface area (Å²) in [6.45, 7) is -0.370. The van der Waals surface area contributed by atoms with Crippen molar-refractivity contribution < 1.29 is 23.9 Å². The van der Waals surface area contributed by atoms with Crippen LogP contribution in [0.3, 0.4) is 0 Å². The maximum Gasteiger partial charge on any atom is 0.310 e. The third-order valence-corrected chi connectivity index (χ3v) is 6.27. The van der Waals surface area contributed by atoms with Gasteiger partial charge in [0.15, 0.2) is 12.4 Å². The Bertz CT molecular complexity index is 924. The van der Waals surface area contributed by atoms with Gasteiger partial charge in [0.05, 0.1) is 13.0 Å². The van der Waals surface area contributed by atoms with E-state index >= 15 is 0 Å². The molecule has 4 atom stereocenters. The van der Waals surface area contributed by atoms with Crippen molar-refractivity contribution in [2.75, 3.05) is 19.0 Å². The predicted octanol–water partition coefficient (Wildman–Crippen LogP) is 3.72. The molecule has 2 bridgehead atoms. The first-order valence-electron chi connectivity index (χ1n) is 10.3. The number of ether oxygens (including phenoxy) is 2. The molecule has 30 heavy (non-hydrogen) atoms. The summed E-state index contributed by atoms with van der Waals surface area (Å²) >= 11 is 0. The molecule has 0 aromatic heterocycles. The SMILES string of the molecule is COc1ccc(NC(=O)COC(=O)[C@@H]2[C@H]3CC[C@@H](C3)[C@H]2C(=O)c2ccccc2)cc1. The zero-order valence-corrected chi connectivity index (χ0v) is 16.9. The van der Waals surface area contributed by atoms with Gasteiger partial charge in [0.2, 0.25) is 0 Å². The number of fused-ring (bicyclic) bond motifs is 2. The monoisotopic (exact) mass is 407 g/mol. The van der Waals surface area contributed by atoms with Crippen LogP contribution in [0.25, 0.3) is 0 Å². The van der Waals surface area contributed by atoms with Gasteiger partial charge < -0.3 is 14.8 Å². The minimum atomic E-state index is -0.467. The molecular weight excluding hydrogens is 382 g/mol. The highest BCUT2D eigenvalue weighted by molar-refractivity contribution is 6.01. The van der Waals surface area contributed by atoms with Crippen LogP contribution in [-0.4, -0.2) is 31.4 Å². The number of hydrogen-bond donors (Lipinski definition) is 1. The van der Waals surface area contributed by atoms with Crippen LogP contribution in [0.2, 0.25) is 0 Å². The molecule has 6 heteroatoms. The lowest BCUT2D eigenvalue weighted by molar-refractivity contribution is -0.154. The van der Waals surface area contributed by atoms with Gasteiger partial charge in [-0.2, -0.15) is 0 Å². The van der Waals surface area contributed by atoms with Crippen molar-refractivity contribution in [1.29, 1.82) is 0 Å². The number of carbonyl (C=O) groups excluding carboxylic acids is 3. The highest BCUT2D eigenvalue weighted by Crippen LogP contribution is 2.53. The van der Waals surface area contributed by atoms with Crippen molar-refractivity contribution in [2.24, 2.45) is 23.7 Å². The molecule has 1 amide bonds. The molecule has 6 nitrogen and oxygen atoms in total. The number of methoxy groups -OCH3 is 1. The summed E-state index contributed by atoms with van der Waals surface area (Å²) in [7, 11) is 1.57. The van der Waals surface area contributed by atoms with Gasteiger partial charge in [0, 0.05) is 17.2 Å². The van der Waals surface area contributed by atoms with Crippen LogP contribution in [0.5, 0.6) is 5.75 Å². The van der Waals surface area contributed by atoms with Gasteiger partial charge in [-0.3, -0.25) is 14.4 Å². The van der Waals surface area contributed by atoms with E-state index < -0.39 is 17.8 Å². The zero-order chi connectivity index (χ0) is 21.1. The Morgan fingerprint density at radius 1 is 0.933 bits per heavy atom. The van der Waals surface area contributed by atoms with Crippen LogP contribution in [0.4, 0.5) is 5.69 Å². The summed E-state index contributed by atoms with van der Waals surface area (Å²) < 4.78 is 10.4. The molecule has 156 valence electrons. The summed E-state index contributed by atoms with van der Waals surface area (Å²) in [5, 5.41) is 2.69. The smallest absolute Gasteiger partial charge is 0.310 e. The Labute approximate surface area is 175 Å². The second-order valence-electron chi connectivity index (χ2n) is 8.00. The lowest BCUT2D eigenvalue weighted by Gasteiger charge is -2.28. The number of esters is 1. The number of carbonyl (C=O) groups is 3. The van der Waals surface area contributed by atoms with E-state index in [0.29, 0.717) is 17.0 Å². The lowest BCUT2D eigenvalue weighted by atomic mass is 9.75. The van der Waals surface area contributed by atoms with Crippen LogP contribution in [-0.2, 0) is 14.3 Å². The molecule has 2 aliphatic rings. The lowest BCUT2D eigenvalue weighted by Crippen LogP contribution is -2.37. The highest BCUT2D eigenvalue weighted by Gasteiger charge is 2.54. The maximum absolute atomic E-state index is 13.1. The molecule has 0 spiro atoms. The fourth-order valence-corrected chi connectivity index (χ4v) is 4.91. The van der Waals surface area contributed by atoms with E-state index in [1.54, 1.807) is 43.5 Å². The average Bonchev–Trinajstić information content (AvgIpc) is 3.40. The van der Waals surface area contributed by atoms with E-state index in [9.17, 15) is 14.4 Å². The highest BCUT2D eigenvalue weighted by atomic mass is 16.5. The Kier molecular flexibility index (Phi) is 5.84. The van der Waals surface area contributed by atoms with Crippen LogP contribution in [0.15, 0.2) is 54.6 Å². The van der Waals surface area contributed by atoms with Gasteiger partial charge in [-0.15, -0.1) is 0 Å². The van der Waals surface area contributed by atoms with Gasteiger partial charge >= 0.3 is 5.97 Å². The Morgan fingerprint density at radius 3 is 2.27 bits per heavy atom. The predicted molar refractivity (Wildman–Crippen MR) is 111 cm³/mol. The number of rotatable bonds is 7. The number of hydrogen-bond acceptors (Lipinski definition) is 5. The molecule has 0 aliphatic heterocycles. The molecule has 0 unspecified atom stereocenters. The molecule has 4 rings (SSSR count). The third-order valence-electron chi connectivity index (χ3n) is 6.27. The first-order valence-corrected chi connectivity index (χ1v) is 10.3. The van der Waals surface area contributed by atoms with Gasteiger partial charge in [0.25, 0.3) is 5.91 Å². The van der Waals surface area contributed by atoms with Gasteiger partial charge in [-0.05, 0) is 55.4 Å². The van der Waals surface area contributed by atoms with Crippen LogP contribution in [0, 0.1) is 23.7 Å². The minimum Gasteiger partial charge on any atom is -0.497 e. The topological polar surface area (TPSA) is 81.7 Å². The summed E-state index contributed by atoms with van der Waals surface area (Å²) in [5.41, 5.74) is 1.22. The largest absolute Gasteiger partial charge is 0.497 e. The molecule has 0 heterocycles. The van der Waals surface area contributed by atoms with Crippen molar-refractivity contribution in [1.82, 2.24) is 0 Å². The van der Waals surface area contributed by atoms with Crippen LogP contribution < -0.4 is 10.1 Å². The molecule has 1 N–H and O–H groups in total. The maximum atomic E-state index is 13.1. The Morgan fingerprint density at radius 2 is 1.60 bits per heavy atom. The van der Waals surface area contributed by atoms with Crippen molar-refractivity contribution >= 4 is 23.3 Å². The van der Waals surface area contributed by atoms with Crippen molar-refractivity contribution in [3.05, 3.63) is 60.2 Å². The van der Waals surface area contributed by atoms with Crippen molar-refractivity contribution in [3.8, 4) is 5.75 Å². The summed E-state index contributed by atoms with van der Waals surface area (Å²) in [6, 6.07) is 16.0. The van der Waals surface area contributed by atoms with E-state index in [-0.39, 0.29) is 30.1 Å². The molecular formula is C24H25NO5. The molecule has 2 aliphatic carbocycles. The van der Waals surface area contributed by atoms with Crippen LogP contribution in [0.1, 0.15) is 29.6 Å². The molecule has 2 saturated carbocycles. The molecule has 2 aromatic carbocycles. The number of amides is 1. The van der Waals surface area contributed by atoms with Crippen molar-refractivity contribution in [2.45, 2.75) is 19.3 Å². The van der Waals surface area contributed by atoms with E-state index in [1.807, 2.05) is 18.2 Å². The van der Waals surface area contributed by atoms with E-state index in [4.69, 9.17) is 9.47 Å². The second-order valence-corrected chi connectivity index (χ2v) is 8.00.